The first-order chi connectivity index (χ1) is 9.56. The van der Waals surface area contributed by atoms with Gasteiger partial charge in [0.1, 0.15) is 6.10 Å². The Morgan fingerprint density at radius 3 is 2.45 bits per heavy atom. The highest BCUT2D eigenvalue weighted by molar-refractivity contribution is 14.1. The largest absolute Gasteiger partial charge is 0.506 e. The lowest BCUT2D eigenvalue weighted by Gasteiger charge is -2.22. The third-order valence-electron chi connectivity index (χ3n) is 3.58. The molecule has 0 spiro atoms. The summed E-state index contributed by atoms with van der Waals surface area (Å²) in [5, 5.41) is 8.94. The molecule has 0 aliphatic carbocycles. The molecule has 0 radical (unpaired) electrons. The van der Waals surface area contributed by atoms with E-state index >= 15 is 0 Å². The molecule has 0 fully saturated rings. The summed E-state index contributed by atoms with van der Waals surface area (Å²) < 4.78 is 6.24. The predicted molar refractivity (Wildman–Crippen MR) is 88.9 cm³/mol. The van der Waals surface area contributed by atoms with E-state index in [-0.39, 0.29) is 6.10 Å². The smallest absolute Gasteiger partial charge is 0.450 e. The van der Waals surface area contributed by atoms with Gasteiger partial charge in [-0.15, -0.1) is 0 Å². The first kappa shape index (κ1) is 17.3. The molecule has 0 saturated heterocycles. The maximum absolute atomic E-state index is 10.9. The van der Waals surface area contributed by atoms with Crippen molar-refractivity contribution in [3.63, 3.8) is 0 Å². The number of unbranched alkanes of at least 4 members (excludes halogenated alkanes) is 1. The Balaban J connectivity index is 2.77. The Morgan fingerprint density at radius 1 is 1.30 bits per heavy atom. The molecule has 0 bridgehead atoms. The summed E-state index contributed by atoms with van der Waals surface area (Å²) in [5.74, 6) is 0.513. The monoisotopic (exact) mass is 390 g/mol. The molecule has 0 aromatic heterocycles. The Bertz CT molecular complexity index is 403. The number of carboxylic acid groups (broad SMARTS) is 1. The molecule has 0 saturated carbocycles. The van der Waals surface area contributed by atoms with Gasteiger partial charge >= 0.3 is 6.16 Å². The van der Waals surface area contributed by atoms with Gasteiger partial charge in [-0.25, -0.2) is 4.79 Å². The molecule has 1 rings (SSSR count). The Labute approximate surface area is 134 Å². The first-order valence-electron chi connectivity index (χ1n) is 7.21. The fourth-order valence-corrected chi connectivity index (χ4v) is 2.70. The lowest BCUT2D eigenvalue weighted by Crippen LogP contribution is -2.14. The third kappa shape index (κ3) is 6.11. The molecule has 0 aliphatic rings. The van der Waals surface area contributed by atoms with Gasteiger partial charge < -0.3 is 9.84 Å². The van der Waals surface area contributed by atoms with Crippen LogP contribution < -0.4 is 0 Å². The average molecular weight is 390 g/mol. The van der Waals surface area contributed by atoms with Crippen molar-refractivity contribution in [2.75, 3.05) is 0 Å². The molecule has 20 heavy (non-hydrogen) atoms. The van der Waals surface area contributed by atoms with Crippen molar-refractivity contribution in [1.29, 1.82) is 0 Å². The lowest BCUT2D eigenvalue weighted by atomic mass is 9.90. The van der Waals surface area contributed by atoms with Gasteiger partial charge in [-0.1, -0.05) is 51.7 Å². The fraction of sp³-hybridized carbons (Fsp3) is 0.562. The van der Waals surface area contributed by atoms with E-state index in [0.717, 1.165) is 28.4 Å². The molecule has 112 valence electrons. The zero-order valence-electron chi connectivity index (χ0n) is 12.1. The van der Waals surface area contributed by atoms with Crippen LogP contribution >= 0.6 is 22.6 Å². The normalized spacial score (nSPS) is 13.8. The lowest BCUT2D eigenvalue weighted by molar-refractivity contribution is 0.0390. The van der Waals surface area contributed by atoms with Crippen molar-refractivity contribution in [2.45, 2.75) is 52.1 Å². The van der Waals surface area contributed by atoms with Crippen LogP contribution in [0.5, 0.6) is 0 Å². The number of rotatable bonds is 8. The van der Waals surface area contributed by atoms with Crippen LogP contribution in [0.4, 0.5) is 4.79 Å². The molecule has 4 heteroatoms. The maximum Gasteiger partial charge on any atom is 0.506 e. The molecule has 2 unspecified atom stereocenters. The van der Waals surface area contributed by atoms with E-state index < -0.39 is 6.16 Å². The molecule has 3 nitrogen and oxygen atoms in total. The molecule has 0 aliphatic heterocycles. The number of hydrogen-bond acceptors (Lipinski definition) is 2. The molecule has 1 N–H and O–H groups in total. The number of benzene rings is 1. The van der Waals surface area contributed by atoms with Crippen LogP contribution in [0.25, 0.3) is 0 Å². The second-order valence-electron chi connectivity index (χ2n) is 5.08. The number of halogens is 1. The Hall–Kier alpha value is -0.780. The van der Waals surface area contributed by atoms with Crippen LogP contribution in [0, 0.1) is 9.49 Å². The molecule has 0 heterocycles. The van der Waals surface area contributed by atoms with E-state index in [9.17, 15) is 4.79 Å². The summed E-state index contributed by atoms with van der Waals surface area (Å²) in [6.07, 6.45) is 3.77. The van der Waals surface area contributed by atoms with Crippen molar-refractivity contribution < 1.29 is 14.6 Å². The highest BCUT2D eigenvalue weighted by atomic mass is 127. The minimum atomic E-state index is -1.20. The average Bonchev–Trinajstić information content (AvgIpc) is 2.42. The molecular formula is C16H23IO3. The van der Waals surface area contributed by atoms with Crippen LogP contribution in [0.3, 0.4) is 0 Å². The van der Waals surface area contributed by atoms with Gasteiger partial charge in [-0.05, 0) is 52.6 Å². The second kappa shape index (κ2) is 9.21. The summed E-state index contributed by atoms with van der Waals surface area (Å²) >= 11 is 2.24. The highest BCUT2D eigenvalue weighted by Crippen LogP contribution is 2.30. The summed E-state index contributed by atoms with van der Waals surface area (Å²) in [5.41, 5.74) is 0.947. The first-order valence-corrected chi connectivity index (χ1v) is 8.29. The summed E-state index contributed by atoms with van der Waals surface area (Å²) in [6.45, 7) is 4.34. The molecule has 2 atom stereocenters. The van der Waals surface area contributed by atoms with E-state index in [2.05, 4.69) is 36.4 Å². The van der Waals surface area contributed by atoms with Crippen molar-refractivity contribution in [3.05, 3.63) is 33.4 Å². The van der Waals surface area contributed by atoms with Crippen molar-refractivity contribution in [2.24, 2.45) is 5.92 Å². The molecule has 1 aromatic carbocycles. The Kier molecular flexibility index (Phi) is 7.95. The van der Waals surface area contributed by atoms with Crippen molar-refractivity contribution in [3.8, 4) is 0 Å². The molecule has 1 aromatic rings. The summed E-state index contributed by atoms with van der Waals surface area (Å²) in [6, 6.07) is 7.89. The van der Waals surface area contributed by atoms with Crippen LogP contribution in [0.1, 0.15) is 57.6 Å². The topological polar surface area (TPSA) is 46.5 Å². The van der Waals surface area contributed by atoms with E-state index in [4.69, 9.17) is 9.84 Å². The maximum atomic E-state index is 10.9. The molecule has 0 amide bonds. The number of carbonyl (C=O) groups is 1. The van der Waals surface area contributed by atoms with Crippen LogP contribution in [-0.2, 0) is 4.74 Å². The van der Waals surface area contributed by atoms with Gasteiger partial charge in [0, 0.05) is 3.57 Å². The minimum Gasteiger partial charge on any atom is -0.450 e. The zero-order valence-corrected chi connectivity index (χ0v) is 14.3. The number of ether oxygens (including phenoxy) is 1. The third-order valence-corrected chi connectivity index (χ3v) is 4.29. The summed E-state index contributed by atoms with van der Waals surface area (Å²) in [4.78, 5) is 10.9. The van der Waals surface area contributed by atoms with Gasteiger partial charge in [0.05, 0.1) is 0 Å². The van der Waals surface area contributed by atoms with Gasteiger partial charge in [0.25, 0.3) is 0 Å². The van der Waals surface area contributed by atoms with Crippen LogP contribution in [0.15, 0.2) is 24.3 Å². The summed E-state index contributed by atoms with van der Waals surface area (Å²) in [7, 11) is 0. The predicted octanol–water partition coefficient (Wildman–Crippen LogP) is 5.63. The minimum absolute atomic E-state index is 0.355. The van der Waals surface area contributed by atoms with Gasteiger partial charge in [0.2, 0.25) is 0 Å². The molecular weight excluding hydrogens is 367 g/mol. The van der Waals surface area contributed by atoms with Crippen molar-refractivity contribution >= 4 is 28.7 Å². The van der Waals surface area contributed by atoms with Gasteiger partial charge in [-0.3, -0.25) is 0 Å². The van der Waals surface area contributed by atoms with Crippen LogP contribution in [-0.4, -0.2) is 11.3 Å². The Morgan fingerprint density at radius 2 is 1.95 bits per heavy atom. The highest BCUT2D eigenvalue weighted by Gasteiger charge is 2.20. The SMILES string of the molecule is CCCCC(CC)CC(OC(=O)O)c1ccc(I)cc1. The van der Waals surface area contributed by atoms with Crippen molar-refractivity contribution in [1.82, 2.24) is 0 Å². The van der Waals surface area contributed by atoms with Gasteiger partial charge in [-0.2, -0.15) is 0 Å². The van der Waals surface area contributed by atoms with E-state index in [1.54, 1.807) is 0 Å². The van der Waals surface area contributed by atoms with E-state index in [1.807, 2.05) is 24.3 Å². The van der Waals surface area contributed by atoms with E-state index in [1.165, 1.54) is 12.8 Å². The van der Waals surface area contributed by atoms with E-state index in [0.29, 0.717) is 5.92 Å². The van der Waals surface area contributed by atoms with Crippen LogP contribution in [0.2, 0.25) is 0 Å². The number of hydrogen-bond donors (Lipinski definition) is 1. The fourth-order valence-electron chi connectivity index (χ4n) is 2.34. The second-order valence-corrected chi connectivity index (χ2v) is 6.32. The standard InChI is InChI=1S/C16H23IO3/c1-3-5-6-12(4-2)11-15(20-16(18)19)13-7-9-14(17)10-8-13/h7-10,12,15H,3-6,11H2,1-2H3,(H,18,19). The van der Waals surface area contributed by atoms with Gasteiger partial charge in [0.15, 0.2) is 0 Å². The zero-order chi connectivity index (χ0) is 15.0. The quantitative estimate of drug-likeness (QED) is 0.462.